The lowest BCUT2D eigenvalue weighted by atomic mass is 10.3. The molecule has 1 aliphatic heterocycles. The number of methoxy groups -OCH3 is 1. The monoisotopic (exact) mass is 235 g/mol. The largest absolute Gasteiger partial charge is 0.464 e. The summed E-state index contributed by atoms with van der Waals surface area (Å²) < 4.78 is 4.67. The van der Waals surface area contributed by atoms with Crippen molar-refractivity contribution in [2.45, 2.75) is 6.42 Å². The number of nitrogens with zero attached hydrogens (tertiary/aromatic N) is 2. The molecule has 0 amide bonds. The second-order valence-electron chi connectivity index (χ2n) is 3.96. The lowest BCUT2D eigenvalue weighted by Crippen LogP contribution is -2.28. The lowest BCUT2D eigenvalue weighted by Gasteiger charge is -2.21. The number of carbonyl (C=O) groups is 1. The first kappa shape index (κ1) is 11.9. The molecule has 17 heavy (non-hydrogen) atoms. The predicted molar refractivity (Wildman–Crippen MR) is 65.3 cm³/mol. The molecule has 1 aromatic heterocycles. The molecule has 1 N–H and O–H groups in total. The minimum Gasteiger partial charge on any atom is -0.464 e. The molecule has 0 bridgehead atoms. The number of hydrogen-bond acceptors (Lipinski definition) is 5. The van der Waals surface area contributed by atoms with Gasteiger partial charge in [0.25, 0.3) is 0 Å². The summed E-state index contributed by atoms with van der Waals surface area (Å²) in [5, 5.41) is 3.33. The molecular weight excluding hydrogens is 218 g/mol. The van der Waals surface area contributed by atoms with Crippen molar-refractivity contribution in [1.29, 1.82) is 0 Å². The standard InChI is InChI=1S/C12H17N3O2/c1-17-12(16)10-4-2-5-11(14-10)15-8-3-6-13-7-9-15/h2,4-5,13H,3,6-9H2,1H3. The highest BCUT2D eigenvalue weighted by Crippen LogP contribution is 2.13. The molecule has 0 aliphatic carbocycles. The van der Waals surface area contributed by atoms with E-state index in [9.17, 15) is 4.79 Å². The maximum Gasteiger partial charge on any atom is 0.356 e. The summed E-state index contributed by atoms with van der Waals surface area (Å²) in [7, 11) is 1.37. The molecule has 1 saturated heterocycles. The summed E-state index contributed by atoms with van der Waals surface area (Å²) in [6.07, 6.45) is 1.09. The molecular formula is C12H17N3O2. The van der Waals surface area contributed by atoms with Gasteiger partial charge in [-0.1, -0.05) is 6.07 Å². The van der Waals surface area contributed by atoms with Crippen LogP contribution in [0.4, 0.5) is 5.82 Å². The summed E-state index contributed by atoms with van der Waals surface area (Å²) in [5.74, 6) is 0.455. The number of hydrogen-bond donors (Lipinski definition) is 1. The summed E-state index contributed by atoms with van der Waals surface area (Å²) in [6.45, 7) is 3.86. The normalized spacial score (nSPS) is 16.4. The number of rotatable bonds is 2. The van der Waals surface area contributed by atoms with Crippen LogP contribution in [0.5, 0.6) is 0 Å². The Morgan fingerprint density at radius 3 is 3.12 bits per heavy atom. The number of anilines is 1. The van der Waals surface area contributed by atoms with Gasteiger partial charge in [-0.05, 0) is 25.1 Å². The first-order chi connectivity index (χ1) is 8.31. The van der Waals surface area contributed by atoms with Crippen molar-refractivity contribution in [3.05, 3.63) is 23.9 Å². The fourth-order valence-corrected chi connectivity index (χ4v) is 1.89. The SMILES string of the molecule is COC(=O)c1cccc(N2CCCNCC2)n1. The number of nitrogens with one attached hydrogen (secondary N) is 1. The topological polar surface area (TPSA) is 54.5 Å². The molecule has 0 spiro atoms. The van der Waals surface area contributed by atoms with E-state index in [1.165, 1.54) is 7.11 Å². The zero-order chi connectivity index (χ0) is 12.1. The van der Waals surface area contributed by atoms with Crippen molar-refractivity contribution in [2.75, 3.05) is 38.2 Å². The van der Waals surface area contributed by atoms with Crippen LogP contribution in [-0.4, -0.2) is 44.2 Å². The van der Waals surface area contributed by atoms with Gasteiger partial charge in [0.1, 0.15) is 5.82 Å². The fraction of sp³-hybridized carbons (Fsp3) is 0.500. The Labute approximate surface area is 101 Å². The van der Waals surface area contributed by atoms with E-state index in [1.54, 1.807) is 6.07 Å². The molecule has 92 valence electrons. The van der Waals surface area contributed by atoms with Crippen LogP contribution in [0.25, 0.3) is 0 Å². The molecule has 0 radical (unpaired) electrons. The molecule has 0 atom stereocenters. The Kier molecular flexibility index (Phi) is 3.93. The first-order valence-corrected chi connectivity index (χ1v) is 5.82. The van der Waals surface area contributed by atoms with Gasteiger partial charge in [0, 0.05) is 19.6 Å². The molecule has 2 heterocycles. The van der Waals surface area contributed by atoms with Crippen molar-refractivity contribution in [3.63, 3.8) is 0 Å². The van der Waals surface area contributed by atoms with Gasteiger partial charge in [-0.3, -0.25) is 0 Å². The van der Waals surface area contributed by atoms with Gasteiger partial charge in [0.15, 0.2) is 5.69 Å². The minimum absolute atomic E-state index is 0.363. The molecule has 1 fully saturated rings. The molecule has 2 rings (SSSR count). The Morgan fingerprint density at radius 2 is 2.29 bits per heavy atom. The summed E-state index contributed by atoms with van der Waals surface area (Å²) >= 11 is 0. The molecule has 1 aromatic rings. The molecule has 5 heteroatoms. The third-order valence-electron chi connectivity index (χ3n) is 2.79. The van der Waals surface area contributed by atoms with Gasteiger partial charge < -0.3 is 15.0 Å². The van der Waals surface area contributed by atoms with Crippen molar-refractivity contribution >= 4 is 11.8 Å². The molecule has 0 saturated carbocycles. The fourth-order valence-electron chi connectivity index (χ4n) is 1.89. The Hall–Kier alpha value is -1.62. The highest BCUT2D eigenvalue weighted by Gasteiger charge is 2.13. The average molecular weight is 235 g/mol. The van der Waals surface area contributed by atoms with E-state index >= 15 is 0 Å². The lowest BCUT2D eigenvalue weighted by molar-refractivity contribution is 0.0594. The van der Waals surface area contributed by atoms with Gasteiger partial charge in [0.2, 0.25) is 0 Å². The van der Waals surface area contributed by atoms with Crippen LogP contribution in [0.15, 0.2) is 18.2 Å². The first-order valence-electron chi connectivity index (χ1n) is 5.82. The van der Waals surface area contributed by atoms with Gasteiger partial charge in [-0.15, -0.1) is 0 Å². The Morgan fingerprint density at radius 1 is 1.41 bits per heavy atom. The van der Waals surface area contributed by atoms with E-state index in [4.69, 9.17) is 0 Å². The smallest absolute Gasteiger partial charge is 0.356 e. The maximum atomic E-state index is 11.4. The average Bonchev–Trinajstić information content (AvgIpc) is 2.67. The summed E-state index contributed by atoms with van der Waals surface area (Å²) in [5.41, 5.74) is 0.363. The molecule has 1 aliphatic rings. The predicted octanol–water partition coefficient (Wildman–Crippen LogP) is 0.668. The number of pyridine rings is 1. The van der Waals surface area contributed by atoms with Crippen molar-refractivity contribution in [1.82, 2.24) is 10.3 Å². The van der Waals surface area contributed by atoms with Crippen molar-refractivity contribution in [2.24, 2.45) is 0 Å². The highest BCUT2D eigenvalue weighted by atomic mass is 16.5. The second kappa shape index (κ2) is 5.63. The van der Waals surface area contributed by atoms with Crippen LogP contribution >= 0.6 is 0 Å². The number of esters is 1. The van der Waals surface area contributed by atoms with Crippen LogP contribution in [0.1, 0.15) is 16.9 Å². The number of ether oxygens (including phenoxy) is 1. The third kappa shape index (κ3) is 2.94. The quantitative estimate of drug-likeness (QED) is 0.763. The van der Waals surface area contributed by atoms with Gasteiger partial charge in [0.05, 0.1) is 7.11 Å². The molecule has 0 aromatic carbocycles. The summed E-state index contributed by atoms with van der Waals surface area (Å²) in [6, 6.07) is 5.44. The van der Waals surface area contributed by atoms with Gasteiger partial charge in [-0.25, -0.2) is 9.78 Å². The van der Waals surface area contributed by atoms with Gasteiger partial charge in [-0.2, -0.15) is 0 Å². The third-order valence-corrected chi connectivity index (χ3v) is 2.79. The maximum absolute atomic E-state index is 11.4. The van der Waals surface area contributed by atoms with Gasteiger partial charge >= 0.3 is 5.97 Å². The van der Waals surface area contributed by atoms with E-state index in [0.717, 1.165) is 38.4 Å². The number of carbonyl (C=O) groups excluding carboxylic acids is 1. The van der Waals surface area contributed by atoms with Crippen LogP contribution < -0.4 is 10.2 Å². The Balaban J connectivity index is 2.16. The highest BCUT2D eigenvalue weighted by molar-refractivity contribution is 5.87. The zero-order valence-corrected chi connectivity index (χ0v) is 9.98. The van der Waals surface area contributed by atoms with Crippen LogP contribution in [0, 0.1) is 0 Å². The minimum atomic E-state index is -0.389. The van der Waals surface area contributed by atoms with E-state index in [2.05, 4.69) is 19.9 Å². The number of aromatic nitrogens is 1. The van der Waals surface area contributed by atoms with Crippen LogP contribution in [0.3, 0.4) is 0 Å². The van der Waals surface area contributed by atoms with Crippen LogP contribution in [-0.2, 0) is 4.74 Å². The van der Waals surface area contributed by atoms with E-state index in [1.807, 2.05) is 12.1 Å². The Bertz CT molecular complexity index is 387. The summed E-state index contributed by atoms with van der Waals surface area (Å²) in [4.78, 5) is 17.9. The second-order valence-corrected chi connectivity index (χ2v) is 3.96. The van der Waals surface area contributed by atoms with Crippen molar-refractivity contribution < 1.29 is 9.53 Å². The molecule has 0 unspecified atom stereocenters. The van der Waals surface area contributed by atoms with E-state index in [-0.39, 0.29) is 5.97 Å². The van der Waals surface area contributed by atoms with E-state index < -0.39 is 0 Å². The zero-order valence-electron chi connectivity index (χ0n) is 9.98. The van der Waals surface area contributed by atoms with Crippen LogP contribution in [0.2, 0.25) is 0 Å². The van der Waals surface area contributed by atoms with E-state index in [0.29, 0.717) is 5.69 Å². The van der Waals surface area contributed by atoms with Crippen molar-refractivity contribution in [3.8, 4) is 0 Å². The molecule has 5 nitrogen and oxygen atoms in total.